The van der Waals surface area contributed by atoms with Crippen LogP contribution in [0.3, 0.4) is 0 Å². The molecule has 1 aromatic heterocycles. The Morgan fingerprint density at radius 2 is 1.62 bits per heavy atom. The molecule has 0 aliphatic heterocycles. The number of hydrogen-bond donors (Lipinski definition) is 1. The van der Waals surface area contributed by atoms with Crippen molar-refractivity contribution in [2.45, 2.75) is 13.1 Å². The van der Waals surface area contributed by atoms with Crippen LogP contribution in [0.1, 0.15) is 21.6 Å². The van der Waals surface area contributed by atoms with Crippen LogP contribution >= 0.6 is 11.6 Å². The van der Waals surface area contributed by atoms with E-state index in [4.69, 9.17) is 11.6 Å². The molecule has 4 aromatic rings. The summed E-state index contributed by atoms with van der Waals surface area (Å²) in [7, 11) is 0. The van der Waals surface area contributed by atoms with Crippen LogP contribution in [0.2, 0.25) is 5.02 Å². The molecule has 1 amide bonds. The Hall–Kier alpha value is -4.11. The van der Waals surface area contributed by atoms with Gasteiger partial charge in [-0.25, -0.2) is 13.6 Å². The van der Waals surface area contributed by atoms with E-state index in [2.05, 4.69) is 10.4 Å². The van der Waals surface area contributed by atoms with E-state index in [1.165, 1.54) is 66.7 Å². The van der Waals surface area contributed by atoms with E-state index in [0.717, 1.165) is 9.25 Å². The first kappa shape index (κ1) is 23.1. The van der Waals surface area contributed by atoms with Gasteiger partial charge in [-0.05, 0) is 59.7 Å². The number of carbonyl (C=O) groups excluding carboxylic acids is 1. The molecule has 0 aliphatic rings. The molecule has 34 heavy (non-hydrogen) atoms. The summed E-state index contributed by atoms with van der Waals surface area (Å²) in [6.07, 6.45) is 0. The number of rotatable bonds is 6. The number of hydrogen-bond acceptors (Lipinski definition) is 4. The Bertz CT molecular complexity index is 1470. The van der Waals surface area contributed by atoms with Gasteiger partial charge in [-0.1, -0.05) is 35.9 Å². The van der Waals surface area contributed by atoms with E-state index in [-0.39, 0.29) is 18.8 Å². The summed E-state index contributed by atoms with van der Waals surface area (Å²) in [6, 6.07) is 17.0. The molecule has 0 fully saturated rings. The summed E-state index contributed by atoms with van der Waals surface area (Å²) in [5.74, 6) is -1.78. The lowest BCUT2D eigenvalue weighted by Gasteiger charge is -2.12. The SMILES string of the molecule is O=C(NCc1cccc(F)c1)c1nn(-c2ccc(Cl)cc2)c(=O)n(Cc2ccc(F)cc2)c1=O. The molecule has 3 aromatic carbocycles. The first-order chi connectivity index (χ1) is 16.3. The van der Waals surface area contributed by atoms with Gasteiger partial charge in [0, 0.05) is 11.6 Å². The van der Waals surface area contributed by atoms with Crippen LogP contribution in [0.4, 0.5) is 8.78 Å². The van der Waals surface area contributed by atoms with E-state index in [1.807, 2.05) is 0 Å². The van der Waals surface area contributed by atoms with E-state index in [1.54, 1.807) is 6.07 Å². The molecule has 0 bridgehead atoms. The normalized spacial score (nSPS) is 10.8. The Kier molecular flexibility index (Phi) is 6.65. The van der Waals surface area contributed by atoms with Crippen LogP contribution < -0.4 is 16.6 Å². The summed E-state index contributed by atoms with van der Waals surface area (Å²) in [5.41, 5.74) is -1.02. The number of benzene rings is 3. The van der Waals surface area contributed by atoms with Crippen molar-refractivity contribution >= 4 is 17.5 Å². The lowest BCUT2D eigenvalue weighted by Crippen LogP contribution is -2.46. The average molecular weight is 483 g/mol. The predicted octanol–water partition coefficient (Wildman–Crippen LogP) is 3.30. The third-order valence-corrected chi connectivity index (χ3v) is 5.19. The molecule has 1 heterocycles. The molecular formula is C24H17ClF2N4O3. The van der Waals surface area contributed by atoms with Crippen molar-refractivity contribution in [1.29, 1.82) is 0 Å². The highest BCUT2D eigenvalue weighted by Gasteiger charge is 2.20. The van der Waals surface area contributed by atoms with Gasteiger partial charge in [-0.3, -0.25) is 14.2 Å². The molecule has 4 rings (SSSR count). The lowest BCUT2D eigenvalue weighted by atomic mass is 10.2. The Balaban J connectivity index is 1.76. The minimum Gasteiger partial charge on any atom is -0.346 e. The smallest absolute Gasteiger partial charge is 0.346 e. The summed E-state index contributed by atoms with van der Waals surface area (Å²) in [5, 5.41) is 6.94. The third-order valence-electron chi connectivity index (χ3n) is 4.94. The number of aromatic nitrogens is 3. The van der Waals surface area contributed by atoms with E-state index < -0.39 is 34.5 Å². The van der Waals surface area contributed by atoms with Crippen molar-refractivity contribution in [3.8, 4) is 5.69 Å². The van der Waals surface area contributed by atoms with Gasteiger partial charge in [0.25, 0.3) is 11.5 Å². The van der Waals surface area contributed by atoms with Gasteiger partial charge in [-0.2, -0.15) is 9.78 Å². The summed E-state index contributed by atoms with van der Waals surface area (Å²) in [6.45, 7) is -0.270. The molecule has 0 radical (unpaired) electrons. The molecule has 0 unspecified atom stereocenters. The van der Waals surface area contributed by atoms with Crippen molar-refractivity contribution in [3.63, 3.8) is 0 Å². The first-order valence-corrected chi connectivity index (χ1v) is 10.5. The van der Waals surface area contributed by atoms with Crippen LogP contribution in [-0.4, -0.2) is 20.3 Å². The van der Waals surface area contributed by atoms with Gasteiger partial charge in [0.2, 0.25) is 5.69 Å². The number of nitrogens with zero attached hydrogens (tertiary/aromatic N) is 3. The average Bonchev–Trinajstić information content (AvgIpc) is 2.82. The van der Waals surface area contributed by atoms with Gasteiger partial charge in [0.15, 0.2) is 0 Å². The standard InChI is InChI=1S/C24H17ClF2N4O3/c25-17-6-10-20(11-7-17)31-24(34)30(14-15-4-8-18(26)9-5-15)23(33)21(29-31)22(32)28-13-16-2-1-3-19(27)12-16/h1-12H,13-14H2,(H,28,32). The quantitative estimate of drug-likeness (QED) is 0.457. The van der Waals surface area contributed by atoms with E-state index >= 15 is 0 Å². The molecule has 0 saturated heterocycles. The van der Waals surface area contributed by atoms with Crippen molar-refractivity contribution in [3.05, 3.63) is 127 Å². The molecule has 0 spiro atoms. The molecule has 0 atom stereocenters. The zero-order valence-corrected chi connectivity index (χ0v) is 18.3. The highest BCUT2D eigenvalue weighted by atomic mass is 35.5. The third kappa shape index (κ3) is 5.10. The fourth-order valence-electron chi connectivity index (χ4n) is 3.23. The highest BCUT2D eigenvalue weighted by Crippen LogP contribution is 2.11. The number of nitrogens with one attached hydrogen (secondary N) is 1. The van der Waals surface area contributed by atoms with Crippen molar-refractivity contribution < 1.29 is 13.6 Å². The summed E-state index contributed by atoms with van der Waals surface area (Å²) >= 11 is 5.92. The van der Waals surface area contributed by atoms with Gasteiger partial charge < -0.3 is 5.32 Å². The molecule has 0 aliphatic carbocycles. The number of amides is 1. The first-order valence-electron chi connectivity index (χ1n) is 10.1. The minimum absolute atomic E-state index is 0.0598. The van der Waals surface area contributed by atoms with Gasteiger partial charge >= 0.3 is 5.69 Å². The van der Waals surface area contributed by atoms with Crippen molar-refractivity contribution in [2.75, 3.05) is 0 Å². The monoisotopic (exact) mass is 482 g/mol. The zero-order chi connectivity index (χ0) is 24.2. The van der Waals surface area contributed by atoms with Crippen molar-refractivity contribution in [1.82, 2.24) is 19.7 Å². The maximum Gasteiger partial charge on any atom is 0.352 e. The second kappa shape index (κ2) is 9.80. The Morgan fingerprint density at radius 3 is 2.29 bits per heavy atom. The van der Waals surface area contributed by atoms with Crippen LogP contribution in [-0.2, 0) is 13.1 Å². The molecule has 1 N–H and O–H groups in total. The molecule has 172 valence electrons. The topological polar surface area (TPSA) is 86.0 Å². The maximum absolute atomic E-state index is 13.4. The summed E-state index contributed by atoms with van der Waals surface area (Å²) in [4.78, 5) is 39.1. The fourth-order valence-corrected chi connectivity index (χ4v) is 3.36. The van der Waals surface area contributed by atoms with Gasteiger partial charge in [0.05, 0.1) is 12.2 Å². The minimum atomic E-state index is -0.920. The van der Waals surface area contributed by atoms with E-state index in [9.17, 15) is 23.2 Å². The second-order valence-corrected chi connectivity index (χ2v) is 7.79. The van der Waals surface area contributed by atoms with E-state index in [0.29, 0.717) is 16.1 Å². The molecule has 10 heteroatoms. The van der Waals surface area contributed by atoms with Crippen LogP contribution in [0.5, 0.6) is 0 Å². The van der Waals surface area contributed by atoms with Crippen molar-refractivity contribution in [2.24, 2.45) is 0 Å². The van der Waals surface area contributed by atoms with Crippen LogP contribution in [0.15, 0.2) is 82.4 Å². The highest BCUT2D eigenvalue weighted by molar-refractivity contribution is 6.30. The van der Waals surface area contributed by atoms with Crippen LogP contribution in [0, 0.1) is 11.6 Å². The summed E-state index contributed by atoms with van der Waals surface area (Å²) < 4.78 is 28.5. The number of carbonyl (C=O) groups is 1. The Labute approximate surface area is 196 Å². The van der Waals surface area contributed by atoms with Gasteiger partial charge in [-0.15, -0.1) is 0 Å². The molecule has 0 saturated carbocycles. The fraction of sp³-hybridized carbons (Fsp3) is 0.0833. The predicted molar refractivity (Wildman–Crippen MR) is 122 cm³/mol. The zero-order valence-electron chi connectivity index (χ0n) is 17.5. The lowest BCUT2D eigenvalue weighted by molar-refractivity contribution is 0.0941. The molecular weight excluding hydrogens is 466 g/mol. The van der Waals surface area contributed by atoms with Gasteiger partial charge in [0.1, 0.15) is 11.6 Å². The largest absolute Gasteiger partial charge is 0.352 e. The second-order valence-electron chi connectivity index (χ2n) is 7.35. The molecule has 7 nitrogen and oxygen atoms in total. The maximum atomic E-state index is 13.4. The number of halogens is 3. The van der Waals surface area contributed by atoms with Crippen LogP contribution in [0.25, 0.3) is 5.69 Å². The Morgan fingerprint density at radius 1 is 0.912 bits per heavy atom.